The molecule has 0 unspecified atom stereocenters. The molecule has 1 N–H and O–H groups in total. The summed E-state index contributed by atoms with van der Waals surface area (Å²) < 4.78 is 7.61. The van der Waals surface area contributed by atoms with Gasteiger partial charge in [-0.1, -0.05) is 52.9 Å². The lowest BCUT2D eigenvalue weighted by atomic mass is 10.2. The van der Waals surface area contributed by atoms with E-state index in [1.165, 1.54) is 34.4 Å². The van der Waals surface area contributed by atoms with Crippen LogP contribution in [-0.4, -0.2) is 46.7 Å². The van der Waals surface area contributed by atoms with Crippen LogP contribution in [0.2, 0.25) is 5.02 Å². The van der Waals surface area contributed by atoms with E-state index in [1.54, 1.807) is 7.11 Å². The van der Waals surface area contributed by atoms with E-state index in [9.17, 15) is 4.79 Å². The van der Waals surface area contributed by atoms with E-state index in [2.05, 4.69) is 20.5 Å². The molecule has 2 aromatic heterocycles. The number of nitrogens with zero attached hydrogens (tertiary/aromatic N) is 4. The molecule has 3 aromatic rings. The second-order valence-corrected chi connectivity index (χ2v) is 8.97. The number of benzene rings is 1. The summed E-state index contributed by atoms with van der Waals surface area (Å²) in [6, 6.07) is 7.64. The Bertz CT molecular complexity index is 985. The summed E-state index contributed by atoms with van der Waals surface area (Å²) in [4.78, 5) is 17.2. The van der Waals surface area contributed by atoms with Gasteiger partial charge in [-0.25, -0.2) is 0 Å². The lowest BCUT2D eigenvalue weighted by Crippen LogP contribution is -2.17. The number of anilines is 1. The first kappa shape index (κ1) is 21.0. The van der Waals surface area contributed by atoms with Gasteiger partial charge in [-0.3, -0.25) is 4.79 Å². The minimum Gasteiger partial charge on any atom is -0.383 e. The number of halogens is 1. The number of hydrogen-bond donors (Lipinski definition) is 1. The molecule has 0 bridgehead atoms. The summed E-state index contributed by atoms with van der Waals surface area (Å²) in [6.45, 7) is 1.82. The fourth-order valence-electron chi connectivity index (χ4n) is 2.18. The van der Waals surface area contributed by atoms with E-state index >= 15 is 0 Å². The summed E-state index contributed by atoms with van der Waals surface area (Å²) in [5.41, 5.74) is 0.980. The molecule has 0 radical (unpaired) electrons. The molecular formula is C17H18ClN5O2S3. The number of carbonyl (C=O) groups excluding carboxylic acids is 1. The number of thioether (sulfide) groups is 1. The van der Waals surface area contributed by atoms with E-state index in [-0.39, 0.29) is 11.7 Å². The Hall–Kier alpha value is -1.72. The first-order valence-electron chi connectivity index (χ1n) is 8.29. The number of nitrogens with one attached hydrogen (secondary N) is 1. The summed E-state index contributed by atoms with van der Waals surface area (Å²) >= 11 is 10.4. The molecule has 0 saturated heterocycles. The van der Waals surface area contributed by atoms with E-state index in [0.29, 0.717) is 34.7 Å². The van der Waals surface area contributed by atoms with Gasteiger partial charge in [0, 0.05) is 30.3 Å². The smallest absolute Gasteiger partial charge is 0.258 e. The van der Waals surface area contributed by atoms with Gasteiger partial charge in [0.15, 0.2) is 9.14 Å². The highest BCUT2D eigenvalue weighted by Crippen LogP contribution is 2.25. The van der Waals surface area contributed by atoms with E-state index in [1.807, 2.05) is 40.4 Å². The molecule has 3 rings (SSSR count). The average molecular weight is 456 g/mol. The quantitative estimate of drug-likeness (QED) is 0.393. The van der Waals surface area contributed by atoms with Crippen molar-refractivity contribution in [2.24, 2.45) is 4.99 Å². The molecule has 0 aliphatic rings. The maximum absolute atomic E-state index is 12.3. The predicted molar refractivity (Wildman–Crippen MR) is 114 cm³/mol. The van der Waals surface area contributed by atoms with Gasteiger partial charge in [-0.15, -0.1) is 21.5 Å². The number of aromatic nitrogens is 3. The van der Waals surface area contributed by atoms with Crippen LogP contribution in [0.4, 0.5) is 5.13 Å². The van der Waals surface area contributed by atoms with Crippen molar-refractivity contribution in [2.75, 3.05) is 31.3 Å². The van der Waals surface area contributed by atoms with Crippen LogP contribution < -0.4 is 10.1 Å². The molecule has 0 saturated carbocycles. The van der Waals surface area contributed by atoms with Crippen molar-refractivity contribution in [3.8, 4) is 0 Å². The second kappa shape index (κ2) is 10.7. The first-order chi connectivity index (χ1) is 13.7. The van der Waals surface area contributed by atoms with Crippen LogP contribution in [0.5, 0.6) is 0 Å². The predicted octanol–water partition coefficient (Wildman–Crippen LogP) is 3.38. The van der Waals surface area contributed by atoms with Gasteiger partial charge in [0.25, 0.3) is 5.91 Å². The average Bonchev–Trinajstić information content (AvgIpc) is 3.32. The molecule has 0 aliphatic carbocycles. The molecule has 0 fully saturated rings. The van der Waals surface area contributed by atoms with Crippen LogP contribution in [0.15, 0.2) is 45.2 Å². The van der Waals surface area contributed by atoms with Crippen molar-refractivity contribution in [3.63, 3.8) is 0 Å². The maximum atomic E-state index is 12.3. The van der Waals surface area contributed by atoms with Crippen LogP contribution in [-0.2, 0) is 16.1 Å². The van der Waals surface area contributed by atoms with Crippen molar-refractivity contribution in [2.45, 2.75) is 10.9 Å². The molecule has 1 aromatic carbocycles. The zero-order chi connectivity index (χ0) is 19.8. The zero-order valence-corrected chi connectivity index (χ0v) is 18.2. The molecule has 2 heterocycles. The monoisotopic (exact) mass is 455 g/mol. The standard InChI is InChI=1S/C17H18ClN5O2S3/c1-25-8-6-19-15-21-22-17(28-15)27-11-14(24)20-16-23(7-9-26-16)10-12-4-2-3-5-13(12)18/h2-5,7,9H,6,8,10-11H2,1H3,(H,19,21). The lowest BCUT2D eigenvalue weighted by molar-refractivity contribution is -0.115. The fraction of sp³-hybridized carbons (Fsp3) is 0.294. The summed E-state index contributed by atoms with van der Waals surface area (Å²) in [6.07, 6.45) is 1.90. The van der Waals surface area contributed by atoms with Gasteiger partial charge in [0.2, 0.25) is 5.13 Å². The van der Waals surface area contributed by atoms with Gasteiger partial charge < -0.3 is 14.6 Å². The van der Waals surface area contributed by atoms with E-state index < -0.39 is 0 Å². The van der Waals surface area contributed by atoms with Crippen LogP contribution >= 0.6 is 46.0 Å². The third kappa shape index (κ3) is 6.14. The molecule has 0 atom stereocenters. The van der Waals surface area contributed by atoms with Crippen LogP contribution in [0, 0.1) is 0 Å². The summed E-state index contributed by atoms with van der Waals surface area (Å²) in [7, 11) is 1.64. The van der Waals surface area contributed by atoms with Gasteiger partial charge in [-0.05, 0) is 11.6 Å². The molecule has 0 spiro atoms. The molecule has 148 valence electrons. The lowest BCUT2D eigenvalue weighted by Gasteiger charge is -2.05. The number of carbonyl (C=O) groups is 1. The number of thiazole rings is 1. The highest BCUT2D eigenvalue weighted by molar-refractivity contribution is 8.01. The number of hydrogen-bond acceptors (Lipinski definition) is 8. The van der Waals surface area contributed by atoms with Gasteiger partial charge in [0.05, 0.1) is 18.9 Å². The van der Waals surface area contributed by atoms with E-state index in [0.717, 1.165) is 9.90 Å². The Morgan fingerprint density at radius 3 is 3.07 bits per heavy atom. The third-order valence-electron chi connectivity index (χ3n) is 3.49. The van der Waals surface area contributed by atoms with Crippen molar-refractivity contribution in [1.82, 2.24) is 14.8 Å². The molecule has 0 aliphatic heterocycles. The Morgan fingerprint density at radius 1 is 1.39 bits per heavy atom. The SMILES string of the molecule is COCCNc1nnc(SCC(=O)N=c2sccn2Cc2ccccc2Cl)s1. The minimum atomic E-state index is -0.218. The first-order valence-corrected chi connectivity index (χ1v) is 11.4. The van der Waals surface area contributed by atoms with E-state index in [4.69, 9.17) is 16.3 Å². The maximum Gasteiger partial charge on any atom is 0.258 e. The molecule has 28 heavy (non-hydrogen) atoms. The Labute approximate surface area is 179 Å². The van der Waals surface area contributed by atoms with Gasteiger partial charge >= 0.3 is 0 Å². The number of amides is 1. The Kier molecular flexibility index (Phi) is 8.04. The summed E-state index contributed by atoms with van der Waals surface area (Å²) in [5, 5.41) is 14.5. The number of methoxy groups -OCH3 is 1. The third-order valence-corrected chi connectivity index (χ3v) is 6.65. The molecular weight excluding hydrogens is 438 g/mol. The van der Waals surface area contributed by atoms with Crippen molar-refractivity contribution in [1.29, 1.82) is 0 Å². The number of rotatable bonds is 9. The summed E-state index contributed by atoms with van der Waals surface area (Å²) in [5.74, 6) is -0.0130. The van der Waals surface area contributed by atoms with Crippen LogP contribution in [0.1, 0.15) is 5.56 Å². The zero-order valence-electron chi connectivity index (χ0n) is 15.0. The molecule has 11 heteroatoms. The highest BCUT2D eigenvalue weighted by Gasteiger charge is 2.09. The molecule has 7 nitrogen and oxygen atoms in total. The largest absolute Gasteiger partial charge is 0.383 e. The highest BCUT2D eigenvalue weighted by atomic mass is 35.5. The fourth-order valence-corrected chi connectivity index (χ4v) is 4.68. The Morgan fingerprint density at radius 2 is 2.25 bits per heavy atom. The van der Waals surface area contributed by atoms with Crippen molar-refractivity contribution >= 4 is 57.1 Å². The normalized spacial score (nSPS) is 11.7. The topological polar surface area (TPSA) is 81.4 Å². The van der Waals surface area contributed by atoms with Crippen molar-refractivity contribution < 1.29 is 9.53 Å². The Balaban J connectivity index is 1.58. The number of ether oxygens (including phenoxy) is 1. The van der Waals surface area contributed by atoms with Crippen LogP contribution in [0.25, 0.3) is 0 Å². The minimum absolute atomic E-state index is 0.205. The van der Waals surface area contributed by atoms with Gasteiger partial charge in [0.1, 0.15) is 0 Å². The van der Waals surface area contributed by atoms with Crippen LogP contribution in [0.3, 0.4) is 0 Å². The van der Waals surface area contributed by atoms with Crippen molar-refractivity contribution in [3.05, 3.63) is 51.2 Å². The second-order valence-electron chi connectivity index (χ2n) is 5.49. The van der Waals surface area contributed by atoms with Gasteiger partial charge in [-0.2, -0.15) is 4.99 Å². The molecule has 1 amide bonds.